The first-order chi connectivity index (χ1) is 7.81. The molecule has 2 nitrogen and oxygen atoms in total. The molecule has 1 saturated heterocycles. The predicted molar refractivity (Wildman–Crippen MR) is 69.4 cm³/mol. The second-order valence-corrected chi connectivity index (χ2v) is 5.27. The molecular weight excluding hydrogens is 266 g/mol. The summed E-state index contributed by atoms with van der Waals surface area (Å²) in [5.74, 6) is 0. The highest BCUT2D eigenvalue weighted by molar-refractivity contribution is 9.10. The van der Waals surface area contributed by atoms with Crippen molar-refractivity contribution in [3.63, 3.8) is 0 Å². The molecule has 0 radical (unpaired) electrons. The number of aliphatic hydroxyl groups excluding tert-OH is 1. The summed E-state index contributed by atoms with van der Waals surface area (Å²) >= 11 is 3.48. The Morgan fingerprint density at radius 2 is 2.00 bits per heavy atom. The Morgan fingerprint density at radius 1 is 1.25 bits per heavy atom. The molecule has 1 N–H and O–H groups in total. The second-order valence-electron chi connectivity index (χ2n) is 4.35. The molecule has 1 aliphatic rings. The van der Waals surface area contributed by atoms with E-state index in [0.29, 0.717) is 0 Å². The van der Waals surface area contributed by atoms with Gasteiger partial charge in [-0.05, 0) is 43.6 Å². The SMILES string of the molecule is OCC(c1cccc(Br)c1)N1CCCCC1. The number of halogens is 1. The minimum atomic E-state index is 0.165. The van der Waals surface area contributed by atoms with Gasteiger partial charge in [-0.25, -0.2) is 0 Å². The maximum absolute atomic E-state index is 9.57. The van der Waals surface area contributed by atoms with Gasteiger partial charge in [-0.3, -0.25) is 4.90 Å². The first kappa shape index (κ1) is 12.1. The number of hydrogen-bond donors (Lipinski definition) is 1. The Balaban J connectivity index is 2.14. The van der Waals surface area contributed by atoms with Crippen LogP contribution >= 0.6 is 15.9 Å². The van der Waals surface area contributed by atoms with Crippen LogP contribution in [0, 0.1) is 0 Å². The maximum atomic E-state index is 9.57. The summed E-state index contributed by atoms with van der Waals surface area (Å²) in [6.07, 6.45) is 3.84. The van der Waals surface area contributed by atoms with Gasteiger partial charge in [0.15, 0.2) is 0 Å². The van der Waals surface area contributed by atoms with E-state index < -0.39 is 0 Å². The molecule has 0 aromatic heterocycles. The zero-order chi connectivity index (χ0) is 11.4. The molecule has 3 heteroatoms. The molecule has 0 spiro atoms. The van der Waals surface area contributed by atoms with Crippen molar-refractivity contribution in [2.75, 3.05) is 19.7 Å². The zero-order valence-corrected chi connectivity index (χ0v) is 11.0. The molecule has 1 aliphatic heterocycles. The lowest BCUT2D eigenvalue weighted by Crippen LogP contribution is -2.35. The largest absolute Gasteiger partial charge is 0.394 e. The Labute approximate surface area is 105 Å². The molecule has 0 saturated carbocycles. The predicted octanol–water partition coefficient (Wildman–Crippen LogP) is 2.97. The molecule has 88 valence electrons. The lowest BCUT2D eigenvalue weighted by molar-refractivity contribution is 0.104. The fraction of sp³-hybridized carbons (Fsp3) is 0.538. The summed E-state index contributed by atoms with van der Waals surface area (Å²) in [6, 6.07) is 8.42. The molecule has 0 bridgehead atoms. The van der Waals surface area contributed by atoms with Crippen LogP contribution in [0.3, 0.4) is 0 Å². The van der Waals surface area contributed by atoms with Crippen molar-refractivity contribution in [3.05, 3.63) is 34.3 Å². The number of benzene rings is 1. The standard InChI is InChI=1S/C13H18BrNO/c14-12-6-4-5-11(9-12)13(10-16)15-7-2-1-3-8-15/h4-6,9,13,16H,1-3,7-8,10H2. The Bertz CT molecular complexity index is 336. The van der Waals surface area contributed by atoms with Gasteiger partial charge in [-0.2, -0.15) is 0 Å². The summed E-state index contributed by atoms with van der Waals surface area (Å²) in [4.78, 5) is 2.39. The van der Waals surface area contributed by atoms with Crippen LogP contribution < -0.4 is 0 Å². The lowest BCUT2D eigenvalue weighted by atomic mass is 10.0. The van der Waals surface area contributed by atoms with Crippen molar-refractivity contribution in [1.82, 2.24) is 4.90 Å². The van der Waals surface area contributed by atoms with E-state index in [2.05, 4.69) is 33.0 Å². The molecule has 1 fully saturated rings. The highest BCUT2D eigenvalue weighted by Gasteiger charge is 2.21. The van der Waals surface area contributed by atoms with Crippen LogP contribution in [0.15, 0.2) is 28.7 Å². The molecule has 16 heavy (non-hydrogen) atoms. The highest BCUT2D eigenvalue weighted by Crippen LogP contribution is 2.26. The lowest BCUT2D eigenvalue weighted by Gasteiger charge is -2.33. The summed E-state index contributed by atoms with van der Waals surface area (Å²) in [5, 5.41) is 9.57. The third-order valence-corrected chi connectivity index (χ3v) is 3.73. The highest BCUT2D eigenvalue weighted by atomic mass is 79.9. The minimum absolute atomic E-state index is 0.165. The molecule has 2 rings (SSSR count). The zero-order valence-electron chi connectivity index (χ0n) is 9.40. The van der Waals surface area contributed by atoms with E-state index in [9.17, 15) is 5.11 Å². The van der Waals surface area contributed by atoms with E-state index in [1.807, 2.05) is 12.1 Å². The Kier molecular flexibility index (Phi) is 4.38. The van der Waals surface area contributed by atoms with Crippen LogP contribution in [0.1, 0.15) is 30.9 Å². The molecule has 0 aliphatic carbocycles. The van der Waals surface area contributed by atoms with Crippen LogP contribution in [-0.2, 0) is 0 Å². The van der Waals surface area contributed by atoms with Crippen molar-refractivity contribution in [2.24, 2.45) is 0 Å². The van der Waals surface area contributed by atoms with Gasteiger partial charge in [0.2, 0.25) is 0 Å². The van der Waals surface area contributed by atoms with Crippen molar-refractivity contribution >= 4 is 15.9 Å². The van der Waals surface area contributed by atoms with E-state index in [0.717, 1.165) is 17.6 Å². The van der Waals surface area contributed by atoms with E-state index >= 15 is 0 Å². The summed E-state index contributed by atoms with van der Waals surface area (Å²) in [6.45, 7) is 2.42. The fourth-order valence-corrected chi connectivity index (χ4v) is 2.79. The van der Waals surface area contributed by atoms with Gasteiger partial charge in [0.1, 0.15) is 0 Å². The fourth-order valence-electron chi connectivity index (χ4n) is 2.38. The molecule has 1 unspecified atom stereocenters. The normalized spacial score (nSPS) is 19.6. The van der Waals surface area contributed by atoms with Gasteiger partial charge in [-0.1, -0.05) is 34.5 Å². The number of nitrogens with zero attached hydrogens (tertiary/aromatic N) is 1. The number of likely N-dealkylation sites (tertiary alicyclic amines) is 1. The van der Waals surface area contributed by atoms with Crippen LogP contribution in [0.5, 0.6) is 0 Å². The van der Waals surface area contributed by atoms with Gasteiger partial charge >= 0.3 is 0 Å². The number of piperidine rings is 1. The number of rotatable bonds is 3. The third-order valence-electron chi connectivity index (χ3n) is 3.24. The van der Waals surface area contributed by atoms with Crippen LogP contribution in [0.25, 0.3) is 0 Å². The average molecular weight is 284 g/mol. The summed E-state index contributed by atoms with van der Waals surface area (Å²) in [7, 11) is 0. The van der Waals surface area contributed by atoms with Crippen LogP contribution in [0.2, 0.25) is 0 Å². The van der Waals surface area contributed by atoms with E-state index in [1.54, 1.807) is 0 Å². The van der Waals surface area contributed by atoms with Crippen molar-refractivity contribution in [3.8, 4) is 0 Å². The molecule has 1 atom stereocenters. The smallest absolute Gasteiger partial charge is 0.0628 e. The number of aliphatic hydroxyl groups is 1. The quantitative estimate of drug-likeness (QED) is 0.922. The van der Waals surface area contributed by atoms with Crippen molar-refractivity contribution < 1.29 is 5.11 Å². The van der Waals surface area contributed by atoms with Gasteiger partial charge < -0.3 is 5.11 Å². The van der Waals surface area contributed by atoms with Gasteiger partial charge in [0, 0.05) is 4.47 Å². The van der Waals surface area contributed by atoms with E-state index in [4.69, 9.17) is 0 Å². The third kappa shape index (κ3) is 2.84. The minimum Gasteiger partial charge on any atom is -0.394 e. The van der Waals surface area contributed by atoms with Gasteiger partial charge in [-0.15, -0.1) is 0 Å². The topological polar surface area (TPSA) is 23.5 Å². The first-order valence-electron chi connectivity index (χ1n) is 5.91. The molecule has 0 amide bonds. The van der Waals surface area contributed by atoms with E-state index in [-0.39, 0.29) is 12.6 Å². The Morgan fingerprint density at radius 3 is 2.62 bits per heavy atom. The van der Waals surface area contributed by atoms with E-state index in [1.165, 1.54) is 24.8 Å². The molecule has 1 heterocycles. The molecular formula is C13H18BrNO. The first-order valence-corrected chi connectivity index (χ1v) is 6.71. The monoisotopic (exact) mass is 283 g/mol. The van der Waals surface area contributed by atoms with Crippen LogP contribution in [-0.4, -0.2) is 29.7 Å². The Hall–Kier alpha value is -0.380. The number of hydrogen-bond acceptors (Lipinski definition) is 2. The summed E-state index contributed by atoms with van der Waals surface area (Å²) in [5.41, 5.74) is 1.21. The summed E-state index contributed by atoms with van der Waals surface area (Å²) < 4.78 is 1.08. The van der Waals surface area contributed by atoms with Crippen molar-refractivity contribution in [1.29, 1.82) is 0 Å². The maximum Gasteiger partial charge on any atom is 0.0628 e. The average Bonchev–Trinajstić information content (AvgIpc) is 2.31. The van der Waals surface area contributed by atoms with Gasteiger partial charge in [0.05, 0.1) is 12.6 Å². The molecule has 1 aromatic rings. The van der Waals surface area contributed by atoms with Gasteiger partial charge in [0.25, 0.3) is 0 Å². The molecule has 1 aromatic carbocycles. The second kappa shape index (κ2) is 5.80. The van der Waals surface area contributed by atoms with Crippen molar-refractivity contribution in [2.45, 2.75) is 25.3 Å². The van der Waals surface area contributed by atoms with Crippen LogP contribution in [0.4, 0.5) is 0 Å².